The van der Waals surface area contributed by atoms with Gasteiger partial charge in [0.05, 0.1) is 11.4 Å². The second kappa shape index (κ2) is 7.33. The third kappa shape index (κ3) is 4.14. The Bertz CT molecular complexity index is 814. The van der Waals surface area contributed by atoms with Crippen molar-refractivity contribution in [3.63, 3.8) is 0 Å². The summed E-state index contributed by atoms with van der Waals surface area (Å²) in [6.07, 6.45) is 0. The zero-order valence-corrected chi connectivity index (χ0v) is 13.4. The smallest absolute Gasteiger partial charge is 0.323 e. The van der Waals surface area contributed by atoms with Crippen molar-refractivity contribution in [2.45, 2.75) is 6.92 Å². The standard InChI is InChI=1S/C20H19N3O/c1-15-11-13-17(14-12-15)21-18-9-5-6-10-19(18)23-20(24)22-16-7-3-2-4-8-16/h2-14,21H,1H3,(H2,22,23,24). The molecule has 0 bridgehead atoms. The zero-order valence-electron chi connectivity index (χ0n) is 13.4. The van der Waals surface area contributed by atoms with E-state index in [0.29, 0.717) is 5.69 Å². The Morgan fingerprint density at radius 1 is 0.667 bits per heavy atom. The Balaban J connectivity index is 1.71. The average Bonchev–Trinajstić information content (AvgIpc) is 2.59. The van der Waals surface area contributed by atoms with E-state index in [9.17, 15) is 4.79 Å². The van der Waals surface area contributed by atoms with Gasteiger partial charge in [-0.1, -0.05) is 48.0 Å². The zero-order chi connectivity index (χ0) is 16.8. The van der Waals surface area contributed by atoms with Crippen LogP contribution in [0.25, 0.3) is 0 Å². The molecule has 4 heteroatoms. The summed E-state index contributed by atoms with van der Waals surface area (Å²) in [4.78, 5) is 12.2. The van der Waals surface area contributed by atoms with E-state index in [0.717, 1.165) is 17.1 Å². The van der Waals surface area contributed by atoms with Crippen molar-refractivity contribution in [1.82, 2.24) is 0 Å². The van der Waals surface area contributed by atoms with E-state index >= 15 is 0 Å². The monoisotopic (exact) mass is 317 g/mol. The van der Waals surface area contributed by atoms with Gasteiger partial charge in [-0.2, -0.15) is 0 Å². The van der Waals surface area contributed by atoms with Gasteiger partial charge in [0.2, 0.25) is 0 Å². The molecule has 0 aromatic heterocycles. The van der Waals surface area contributed by atoms with Gasteiger partial charge in [0.15, 0.2) is 0 Å². The van der Waals surface area contributed by atoms with Gasteiger partial charge in [-0.15, -0.1) is 0 Å². The molecule has 0 atom stereocenters. The van der Waals surface area contributed by atoms with Gasteiger partial charge in [-0.05, 0) is 43.3 Å². The van der Waals surface area contributed by atoms with Crippen LogP contribution in [0.3, 0.4) is 0 Å². The molecule has 3 rings (SSSR count). The van der Waals surface area contributed by atoms with Gasteiger partial charge in [0, 0.05) is 11.4 Å². The van der Waals surface area contributed by atoms with Crippen molar-refractivity contribution >= 4 is 28.8 Å². The number of hydrogen-bond donors (Lipinski definition) is 3. The highest BCUT2D eigenvalue weighted by molar-refractivity contribution is 6.02. The first-order chi connectivity index (χ1) is 11.7. The van der Waals surface area contributed by atoms with Gasteiger partial charge < -0.3 is 16.0 Å². The van der Waals surface area contributed by atoms with Crippen LogP contribution in [0.1, 0.15) is 5.56 Å². The molecule has 3 aromatic rings. The lowest BCUT2D eigenvalue weighted by atomic mass is 10.2. The van der Waals surface area contributed by atoms with Crippen LogP contribution < -0.4 is 16.0 Å². The summed E-state index contributed by atoms with van der Waals surface area (Å²) in [6.45, 7) is 2.05. The molecule has 120 valence electrons. The number of amides is 2. The Morgan fingerprint density at radius 3 is 2.00 bits per heavy atom. The molecule has 0 aliphatic heterocycles. The van der Waals surface area contributed by atoms with Crippen molar-refractivity contribution < 1.29 is 4.79 Å². The lowest BCUT2D eigenvalue weighted by molar-refractivity contribution is 0.262. The normalized spacial score (nSPS) is 10.0. The summed E-state index contributed by atoms with van der Waals surface area (Å²) in [5.74, 6) is 0. The molecule has 0 unspecified atom stereocenters. The molecule has 0 fully saturated rings. The third-order valence-corrected chi connectivity index (χ3v) is 3.54. The molecule has 0 spiro atoms. The van der Waals surface area contributed by atoms with Crippen molar-refractivity contribution in [2.24, 2.45) is 0 Å². The van der Waals surface area contributed by atoms with Crippen LogP contribution in [-0.2, 0) is 0 Å². The Hall–Kier alpha value is -3.27. The lowest BCUT2D eigenvalue weighted by Crippen LogP contribution is -2.19. The van der Waals surface area contributed by atoms with Gasteiger partial charge in [0.1, 0.15) is 0 Å². The number of rotatable bonds is 4. The second-order valence-corrected chi connectivity index (χ2v) is 5.48. The maximum atomic E-state index is 12.2. The number of carbonyl (C=O) groups is 1. The predicted molar refractivity (Wildman–Crippen MR) is 100.0 cm³/mol. The van der Waals surface area contributed by atoms with Crippen molar-refractivity contribution in [3.8, 4) is 0 Å². The highest BCUT2D eigenvalue weighted by atomic mass is 16.2. The number of carbonyl (C=O) groups excluding carboxylic acids is 1. The maximum Gasteiger partial charge on any atom is 0.323 e. The molecule has 0 saturated carbocycles. The number of nitrogens with one attached hydrogen (secondary N) is 3. The lowest BCUT2D eigenvalue weighted by Gasteiger charge is -2.14. The van der Waals surface area contributed by atoms with Gasteiger partial charge in [-0.25, -0.2) is 4.79 Å². The number of urea groups is 1. The quantitative estimate of drug-likeness (QED) is 0.605. The molecule has 24 heavy (non-hydrogen) atoms. The first kappa shape index (κ1) is 15.6. The van der Waals surface area contributed by atoms with Crippen LogP contribution in [0.15, 0.2) is 78.9 Å². The summed E-state index contributed by atoms with van der Waals surface area (Å²) >= 11 is 0. The third-order valence-electron chi connectivity index (χ3n) is 3.54. The molecule has 0 aliphatic carbocycles. The minimum absolute atomic E-state index is 0.278. The number of hydrogen-bond acceptors (Lipinski definition) is 2. The fourth-order valence-corrected chi connectivity index (χ4v) is 2.30. The SMILES string of the molecule is Cc1ccc(Nc2ccccc2NC(=O)Nc2ccccc2)cc1. The number of para-hydroxylation sites is 3. The van der Waals surface area contributed by atoms with Crippen LogP contribution >= 0.6 is 0 Å². The van der Waals surface area contributed by atoms with Crippen LogP contribution in [0.2, 0.25) is 0 Å². The summed E-state index contributed by atoms with van der Waals surface area (Å²) in [5.41, 5.74) is 4.47. The molecule has 3 N–H and O–H groups in total. The Kier molecular flexibility index (Phi) is 4.77. The maximum absolute atomic E-state index is 12.2. The molecule has 0 radical (unpaired) electrons. The van der Waals surface area contributed by atoms with Gasteiger partial charge >= 0.3 is 6.03 Å². The van der Waals surface area contributed by atoms with E-state index in [1.54, 1.807) is 0 Å². The highest BCUT2D eigenvalue weighted by Gasteiger charge is 2.07. The van der Waals surface area contributed by atoms with Gasteiger partial charge in [-0.3, -0.25) is 0 Å². The fraction of sp³-hybridized carbons (Fsp3) is 0.0500. The molecule has 0 saturated heterocycles. The second-order valence-electron chi connectivity index (χ2n) is 5.48. The summed E-state index contributed by atoms with van der Waals surface area (Å²) in [6, 6.07) is 24.8. The number of aryl methyl sites for hydroxylation is 1. The summed E-state index contributed by atoms with van der Waals surface area (Å²) in [5, 5.41) is 9.02. The number of anilines is 4. The molecular formula is C20H19N3O. The van der Waals surface area contributed by atoms with Crippen LogP contribution in [0.5, 0.6) is 0 Å². The van der Waals surface area contributed by atoms with Crippen molar-refractivity contribution in [3.05, 3.63) is 84.4 Å². The van der Waals surface area contributed by atoms with Gasteiger partial charge in [0.25, 0.3) is 0 Å². The molecule has 0 heterocycles. The molecule has 4 nitrogen and oxygen atoms in total. The molecule has 2 amide bonds. The minimum Gasteiger partial charge on any atom is -0.354 e. The topological polar surface area (TPSA) is 53.2 Å². The molecular weight excluding hydrogens is 298 g/mol. The first-order valence-electron chi connectivity index (χ1n) is 7.76. The van der Waals surface area contributed by atoms with E-state index in [1.165, 1.54) is 5.56 Å². The minimum atomic E-state index is -0.278. The molecule has 0 aliphatic rings. The summed E-state index contributed by atoms with van der Waals surface area (Å²) in [7, 11) is 0. The van der Waals surface area contributed by atoms with E-state index in [-0.39, 0.29) is 6.03 Å². The van der Waals surface area contributed by atoms with E-state index < -0.39 is 0 Å². The largest absolute Gasteiger partial charge is 0.354 e. The fourth-order valence-electron chi connectivity index (χ4n) is 2.30. The molecule has 3 aromatic carbocycles. The first-order valence-corrected chi connectivity index (χ1v) is 7.76. The average molecular weight is 317 g/mol. The highest BCUT2D eigenvalue weighted by Crippen LogP contribution is 2.25. The van der Waals surface area contributed by atoms with Crippen molar-refractivity contribution in [1.29, 1.82) is 0 Å². The van der Waals surface area contributed by atoms with E-state index in [4.69, 9.17) is 0 Å². The van der Waals surface area contributed by atoms with Crippen LogP contribution in [0.4, 0.5) is 27.5 Å². The predicted octanol–water partition coefficient (Wildman–Crippen LogP) is 5.38. The number of benzene rings is 3. The van der Waals surface area contributed by atoms with Crippen LogP contribution in [0, 0.1) is 6.92 Å². The Labute approximate surface area is 141 Å². The van der Waals surface area contributed by atoms with E-state index in [1.807, 2.05) is 85.8 Å². The van der Waals surface area contributed by atoms with Crippen LogP contribution in [-0.4, -0.2) is 6.03 Å². The van der Waals surface area contributed by atoms with E-state index in [2.05, 4.69) is 16.0 Å². The summed E-state index contributed by atoms with van der Waals surface area (Å²) < 4.78 is 0. The van der Waals surface area contributed by atoms with Crippen molar-refractivity contribution in [2.75, 3.05) is 16.0 Å². The Morgan fingerprint density at radius 2 is 1.29 bits per heavy atom.